The number of hydrogen-bond donors (Lipinski definition) is 1. The molecule has 1 saturated heterocycles. The number of carbonyl (C=O) groups excluding carboxylic acids is 3. The normalized spacial score (nSPS) is 14.9. The predicted molar refractivity (Wildman–Crippen MR) is 74.7 cm³/mol. The van der Waals surface area contributed by atoms with Crippen molar-refractivity contribution in [1.29, 1.82) is 0 Å². The molecule has 0 saturated carbocycles. The van der Waals surface area contributed by atoms with Crippen molar-refractivity contribution in [3.8, 4) is 0 Å². The van der Waals surface area contributed by atoms with Gasteiger partial charge in [0.2, 0.25) is 11.8 Å². The van der Waals surface area contributed by atoms with E-state index in [9.17, 15) is 14.4 Å². The van der Waals surface area contributed by atoms with Gasteiger partial charge in [-0.1, -0.05) is 41.0 Å². The molecule has 2 rings (SSSR count). The molecular formula is C11H8Cl2N2O3S. The number of thioether (sulfide) groups is 1. The molecule has 1 aliphatic rings. The maximum Gasteiger partial charge on any atom is 0.289 e. The minimum atomic E-state index is -0.506. The van der Waals surface area contributed by atoms with E-state index in [2.05, 4.69) is 5.32 Å². The summed E-state index contributed by atoms with van der Waals surface area (Å²) in [6, 6.07) is 4.80. The second kappa shape index (κ2) is 5.81. The minimum absolute atomic E-state index is 0.0734. The molecule has 1 heterocycles. The molecule has 0 aliphatic carbocycles. The molecule has 0 unspecified atom stereocenters. The van der Waals surface area contributed by atoms with Crippen molar-refractivity contribution in [1.82, 2.24) is 4.90 Å². The van der Waals surface area contributed by atoms with Gasteiger partial charge in [-0.25, -0.2) is 0 Å². The van der Waals surface area contributed by atoms with Gasteiger partial charge in [-0.05, 0) is 12.1 Å². The van der Waals surface area contributed by atoms with Gasteiger partial charge in [0.05, 0.1) is 21.5 Å². The molecular weight excluding hydrogens is 311 g/mol. The Balaban J connectivity index is 2.04. The van der Waals surface area contributed by atoms with Gasteiger partial charge in [-0.3, -0.25) is 19.3 Å². The first-order chi connectivity index (χ1) is 8.99. The van der Waals surface area contributed by atoms with Gasteiger partial charge in [-0.2, -0.15) is 0 Å². The summed E-state index contributed by atoms with van der Waals surface area (Å²) in [6.45, 7) is -0.326. The molecule has 1 aromatic carbocycles. The van der Waals surface area contributed by atoms with Gasteiger partial charge in [0.1, 0.15) is 6.54 Å². The van der Waals surface area contributed by atoms with Crippen LogP contribution in [-0.2, 0) is 9.59 Å². The molecule has 0 bridgehead atoms. The first-order valence-corrected chi connectivity index (χ1v) is 6.94. The first kappa shape index (κ1) is 14.2. The SMILES string of the molecule is O=C(CN1C(=O)CSC1=O)Nc1cccc(Cl)c1Cl. The molecule has 19 heavy (non-hydrogen) atoms. The average Bonchev–Trinajstić information content (AvgIpc) is 2.67. The Morgan fingerprint density at radius 1 is 1.37 bits per heavy atom. The van der Waals surface area contributed by atoms with Crippen LogP contribution in [-0.4, -0.2) is 34.3 Å². The summed E-state index contributed by atoms with van der Waals surface area (Å²) in [5.41, 5.74) is 0.339. The molecule has 3 amide bonds. The molecule has 1 aromatic rings. The topological polar surface area (TPSA) is 66.5 Å². The van der Waals surface area contributed by atoms with E-state index in [1.807, 2.05) is 0 Å². The van der Waals surface area contributed by atoms with E-state index in [0.717, 1.165) is 16.7 Å². The van der Waals surface area contributed by atoms with Crippen LogP contribution in [0.1, 0.15) is 0 Å². The minimum Gasteiger partial charge on any atom is -0.323 e. The fourth-order valence-electron chi connectivity index (χ4n) is 1.47. The van der Waals surface area contributed by atoms with E-state index in [4.69, 9.17) is 23.2 Å². The lowest BCUT2D eigenvalue weighted by Crippen LogP contribution is -2.36. The third kappa shape index (κ3) is 3.20. The Hall–Kier alpha value is -1.24. The van der Waals surface area contributed by atoms with Crippen LogP contribution in [0.3, 0.4) is 0 Å². The quantitative estimate of drug-likeness (QED) is 0.930. The monoisotopic (exact) mass is 318 g/mol. The molecule has 1 aliphatic heterocycles. The highest BCUT2D eigenvalue weighted by Crippen LogP contribution is 2.29. The Kier molecular flexibility index (Phi) is 4.34. The summed E-state index contributed by atoms with van der Waals surface area (Å²) in [4.78, 5) is 35.3. The summed E-state index contributed by atoms with van der Waals surface area (Å²) in [6.07, 6.45) is 0. The van der Waals surface area contributed by atoms with Crippen LogP contribution in [0.4, 0.5) is 10.5 Å². The highest BCUT2D eigenvalue weighted by Gasteiger charge is 2.31. The fourth-order valence-corrected chi connectivity index (χ4v) is 2.54. The number of hydrogen-bond acceptors (Lipinski definition) is 4. The van der Waals surface area contributed by atoms with Crippen molar-refractivity contribution in [2.45, 2.75) is 0 Å². The molecule has 1 fully saturated rings. The molecule has 0 aromatic heterocycles. The smallest absolute Gasteiger partial charge is 0.289 e. The van der Waals surface area contributed by atoms with Crippen LogP contribution in [0.15, 0.2) is 18.2 Å². The van der Waals surface area contributed by atoms with Gasteiger partial charge >= 0.3 is 0 Å². The number of rotatable bonds is 3. The van der Waals surface area contributed by atoms with Crippen molar-refractivity contribution in [3.05, 3.63) is 28.2 Å². The predicted octanol–water partition coefficient (Wildman–Crippen LogP) is 2.63. The van der Waals surface area contributed by atoms with Gasteiger partial charge in [-0.15, -0.1) is 0 Å². The van der Waals surface area contributed by atoms with Crippen molar-refractivity contribution in [3.63, 3.8) is 0 Å². The Labute approximate surface area is 123 Å². The Morgan fingerprint density at radius 2 is 2.11 bits per heavy atom. The summed E-state index contributed by atoms with van der Waals surface area (Å²) >= 11 is 12.6. The Morgan fingerprint density at radius 3 is 2.74 bits per heavy atom. The molecule has 0 spiro atoms. The van der Waals surface area contributed by atoms with Gasteiger partial charge in [0.15, 0.2) is 0 Å². The number of anilines is 1. The molecule has 100 valence electrons. The molecule has 0 atom stereocenters. The summed E-state index contributed by atoms with van der Waals surface area (Å²) in [5.74, 6) is -0.806. The third-order valence-corrected chi connectivity index (χ3v) is 4.05. The summed E-state index contributed by atoms with van der Waals surface area (Å²) < 4.78 is 0. The highest BCUT2D eigenvalue weighted by atomic mass is 35.5. The zero-order valence-electron chi connectivity index (χ0n) is 9.48. The van der Waals surface area contributed by atoms with E-state index < -0.39 is 11.1 Å². The number of nitrogens with zero attached hydrogens (tertiary/aromatic N) is 1. The molecule has 1 N–H and O–H groups in total. The third-order valence-electron chi connectivity index (χ3n) is 2.37. The van der Waals surface area contributed by atoms with Crippen LogP contribution in [0.2, 0.25) is 10.0 Å². The summed E-state index contributed by atoms with van der Waals surface area (Å²) in [7, 11) is 0. The zero-order chi connectivity index (χ0) is 14.0. The molecule has 5 nitrogen and oxygen atoms in total. The van der Waals surface area contributed by atoms with E-state index in [-0.39, 0.29) is 23.2 Å². The lowest BCUT2D eigenvalue weighted by molar-refractivity contribution is -0.128. The lowest BCUT2D eigenvalue weighted by Gasteiger charge is -2.13. The van der Waals surface area contributed by atoms with Crippen LogP contribution < -0.4 is 5.32 Å². The lowest BCUT2D eigenvalue weighted by atomic mass is 10.3. The van der Waals surface area contributed by atoms with Crippen LogP contribution in [0.5, 0.6) is 0 Å². The standard InChI is InChI=1S/C11H8Cl2N2O3S/c12-6-2-1-3-7(10(6)13)14-8(16)4-15-9(17)5-19-11(15)18/h1-3H,4-5H2,(H,14,16). The molecule has 0 radical (unpaired) electrons. The van der Waals surface area contributed by atoms with Crippen molar-refractivity contribution in [2.75, 3.05) is 17.6 Å². The molecule has 8 heteroatoms. The number of nitrogens with one attached hydrogen (secondary N) is 1. The number of carbonyl (C=O) groups is 3. The second-order valence-electron chi connectivity index (χ2n) is 3.68. The van der Waals surface area contributed by atoms with E-state index >= 15 is 0 Å². The number of halogens is 2. The van der Waals surface area contributed by atoms with Crippen LogP contribution >= 0.6 is 35.0 Å². The van der Waals surface area contributed by atoms with Gasteiger partial charge in [0.25, 0.3) is 5.24 Å². The van der Waals surface area contributed by atoms with Crippen molar-refractivity contribution < 1.29 is 14.4 Å². The zero-order valence-corrected chi connectivity index (χ0v) is 11.8. The Bertz CT molecular complexity index is 549. The van der Waals surface area contributed by atoms with Crippen molar-refractivity contribution >= 4 is 57.7 Å². The maximum absolute atomic E-state index is 11.8. The van der Waals surface area contributed by atoms with Gasteiger partial charge < -0.3 is 5.32 Å². The number of benzene rings is 1. The van der Waals surface area contributed by atoms with Gasteiger partial charge in [0, 0.05) is 0 Å². The fraction of sp³-hybridized carbons (Fsp3) is 0.182. The van der Waals surface area contributed by atoms with E-state index in [0.29, 0.717) is 10.7 Å². The highest BCUT2D eigenvalue weighted by molar-refractivity contribution is 8.14. The summed E-state index contributed by atoms with van der Waals surface area (Å²) in [5, 5.41) is 2.61. The number of amides is 3. The maximum atomic E-state index is 11.8. The van der Waals surface area contributed by atoms with E-state index in [1.165, 1.54) is 0 Å². The first-order valence-electron chi connectivity index (χ1n) is 5.20. The second-order valence-corrected chi connectivity index (χ2v) is 5.40. The van der Waals surface area contributed by atoms with Crippen LogP contribution in [0, 0.1) is 0 Å². The van der Waals surface area contributed by atoms with E-state index in [1.54, 1.807) is 18.2 Å². The average molecular weight is 319 g/mol. The number of imide groups is 1. The largest absolute Gasteiger partial charge is 0.323 e. The van der Waals surface area contributed by atoms with Crippen molar-refractivity contribution in [2.24, 2.45) is 0 Å². The van der Waals surface area contributed by atoms with Crippen LogP contribution in [0.25, 0.3) is 0 Å².